The number of rotatable bonds is 9. The molecule has 0 fully saturated rings. The average molecular weight is 239 g/mol. The lowest BCUT2D eigenvalue weighted by Gasteiger charge is -2.03. The second kappa shape index (κ2) is 8.25. The summed E-state index contributed by atoms with van der Waals surface area (Å²) >= 11 is 0. The van der Waals surface area contributed by atoms with Gasteiger partial charge in [-0.3, -0.25) is 4.68 Å². The number of aromatic nitrogens is 2. The molecule has 98 valence electrons. The molecule has 1 heterocycles. The lowest BCUT2D eigenvalue weighted by Crippen LogP contribution is -2.11. The van der Waals surface area contributed by atoms with Gasteiger partial charge in [-0.2, -0.15) is 5.10 Å². The zero-order chi connectivity index (χ0) is 12.5. The first-order chi connectivity index (χ1) is 8.27. The molecule has 0 aliphatic rings. The van der Waals surface area contributed by atoms with Crippen LogP contribution in [-0.4, -0.2) is 29.5 Å². The zero-order valence-electron chi connectivity index (χ0n) is 11.3. The Morgan fingerprint density at radius 3 is 2.88 bits per heavy atom. The van der Waals surface area contributed by atoms with E-state index >= 15 is 0 Å². The molecular formula is C13H25N3O. The minimum absolute atomic E-state index is 0.752. The zero-order valence-corrected chi connectivity index (χ0v) is 11.3. The Morgan fingerprint density at radius 2 is 2.18 bits per heavy atom. The number of hydrogen-bond donors (Lipinski definition) is 1. The van der Waals surface area contributed by atoms with Crippen molar-refractivity contribution in [3.05, 3.63) is 17.5 Å². The van der Waals surface area contributed by atoms with Gasteiger partial charge < -0.3 is 10.1 Å². The van der Waals surface area contributed by atoms with Gasteiger partial charge in [0.15, 0.2) is 0 Å². The van der Waals surface area contributed by atoms with Crippen molar-refractivity contribution in [1.82, 2.24) is 15.1 Å². The van der Waals surface area contributed by atoms with Gasteiger partial charge in [0.2, 0.25) is 0 Å². The third-order valence-corrected chi connectivity index (χ3v) is 2.72. The maximum atomic E-state index is 5.53. The van der Waals surface area contributed by atoms with Crippen LogP contribution >= 0.6 is 0 Å². The Labute approximate surface area is 104 Å². The van der Waals surface area contributed by atoms with Gasteiger partial charge in [-0.1, -0.05) is 20.3 Å². The van der Waals surface area contributed by atoms with Crippen molar-refractivity contribution in [3.8, 4) is 0 Å². The lowest BCUT2D eigenvalue weighted by atomic mass is 10.2. The van der Waals surface area contributed by atoms with E-state index < -0.39 is 0 Å². The summed E-state index contributed by atoms with van der Waals surface area (Å²) in [6.45, 7) is 10.7. The SMILES string of the molecule is CCCCOCCn1cc(CNCC)c(C)n1. The lowest BCUT2D eigenvalue weighted by molar-refractivity contribution is 0.121. The van der Waals surface area contributed by atoms with Crippen molar-refractivity contribution in [2.75, 3.05) is 19.8 Å². The number of unbranched alkanes of at least 4 members (excludes halogenated alkanes) is 1. The average Bonchev–Trinajstić information content (AvgIpc) is 2.67. The fourth-order valence-corrected chi connectivity index (χ4v) is 1.61. The van der Waals surface area contributed by atoms with E-state index in [1.807, 2.05) is 4.68 Å². The molecule has 1 aromatic rings. The van der Waals surface area contributed by atoms with Crippen molar-refractivity contribution < 1.29 is 4.74 Å². The summed E-state index contributed by atoms with van der Waals surface area (Å²) in [5.74, 6) is 0. The standard InChI is InChI=1S/C13H25N3O/c1-4-6-8-17-9-7-16-11-13(10-14-5-2)12(3)15-16/h11,14H,4-10H2,1-3H3. The molecule has 1 N–H and O–H groups in total. The van der Waals surface area contributed by atoms with E-state index in [0.29, 0.717) is 0 Å². The molecule has 17 heavy (non-hydrogen) atoms. The molecule has 0 aliphatic heterocycles. The molecule has 0 unspecified atom stereocenters. The van der Waals surface area contributed by atoms with Crippen LogP contribution in [0, 0.1) is 6.92 Å². The molecule has 0 aromatic carbocycles. The van der Waals surface area contributed by atoms with Crippen molar-refractivity contribution >= 4 is 0 Å². The van der Waals surface area contributed by atoms with Crippen LogP contribution in [0.15, 0.2) is 6.20 Å². The molecule has 0 spiro atoms. The smallest absolute Gasteiger partial charge is 0.0662 e. The van der Waals surface area contributed by atoms with E-state index in [9.17, 15) is 0 Å². The highest BCUT2D eigenvalue weighted by Crippen LogP contribution is 2.05. The molecule has 0 amide bonds. The van der Waals surface area contributed by atoms with Crippen LogP contribution in [0.1, 0.15) is 37.9 Å². The fourth-order valence-electron chi connectivity index (χ4n) is 1.61. The molecule has 4 nitrogen and oxygen atoms in total. The van der Waals surface area contributed by atoms with Gasteiger partial charge >= 0.3 is 0 Å². The van der Waals surface area contributed by atoms with Gasteiger partial charge in [0.25, 0.3) is 0 Å². The molecule has 0 aliphatic carbocycles. The minimum atomic E-state index is 0.752. The maximum Gasteiger partial charge on any atom is 0.0662 e. The first kappa shape index (κ1) is 14.2. The fraction of sp³-hybridized carbons (Fsp3) is 0.769. The van der Waals surface area contributed by atoms with E-state index in [-0.39, 0.29) is 0 Å². The maximum absolute atomic E-state index is 5.53. The summed E-state index contributed by atoms with van der Waals surface area (Å²) in [5, 5.41) is 7.80. The van der Waals surface area contributed by atoms with E-state index in [0.717, 1.165) is 45.0 Å². The molecule has 0 bridgehead atoms. The largest absolute Gasteiger partial charge is 0.380 e. The molecule has 4 heteroatoms. The normalized spacial score (nSPS) is 11.0. The van der Waals surface area contributed by atoms with Gasteiger partial charge in [-0.15, -0.1) is 0 Å². The van der Waals surface area contributed by atoms with E-state index in [1.165, 1.54) is 12.0 Å². The van der Waals surface area contributed by atoms with Crippen molar-refractivity contribution in [2.45, 2.75) is 46.7 Å². The number of nitrogens with one attached hydrogen (secondary N) is 1. The van der Waals surface area contributed by atoms with Crippen molar-refractivity contribution in [1.29, 1.82) is 0 Å². The van der Waals surface area contributed by atoms with Crippen LogP contribution < -0.4 is 5.32 Å². The van der Waals surface area contributed by atoms with Crippen LogP contribution in [0.2, 0.25) is 0 Å². The Kier molecular flexibility index (Phi) is 6.89. The monoisotopic (exact) mass is 239 g/mol. The summed E-state index contributed by atoms with van der Waals surface area (Å²) in [7, 11) is 0. The van der Waals surface area contributed by atoms with Crippen LogP contribution in [0.5, 0.6) is 0 Å². The predicted molar refractivity (Wildman–Crippen MR) is 70.1 cm³/mol. The number of nitrogens with zero attached hydrogens (tertiary/aromatic N) is 2. The first-order valence-corrected chi connectivity index (χ1v) is 6.59. The van der Waals surface area contributed by atoms with Gasteiger partial charge in [-0.05, 0) is 19.9 Å². The molecule has 0 saturated carbocycles. The van der Waals surface area contributed by atoms with Gasteiger partial charge in [0.1, 0.15) is 0 Å². The van der Waals surface area contributed by atoms with E-state index in [2.05, 4.69) is 37.4 Å². The summed E-state index contributed by atoms with van der Waals surface area (Å²) in [6, 6.07) is 0. The Bertz CT molecular complexity index is 310. The summed E-state index contributed by atoms with van der Waals surface area (Å²) in [5.41, 5.74) is 2.39. The topological polar surface area (TPSA) is 39.1 Å². The summed E-state index contributed by atoms with van der Waals surface area (Å²) in [4.78, 5) is 0. The van der Waals surface area contributed by atoms with Crippen molar-refractivity contribution in [2.24, 2.45) is 0 Å². The van der Waals surface area contributed by atoms with E-state index in [1.54, 1.807) is 0 Å². The Balaban J connectivity index is 2.28. The second-order valence-corrected chi connectivity index (χ2v) is 4.25. The Hall–Kier alpha value is -0.870. The predicted octanol–water partition coefficient (Wildman–Crippen LogP) is 2.12. The quantitative estimate of drug-likeness (QED) is 0.671. The van der Waals surface area contributed by atoms with Crippen LogP contribution in [0.3, 0.4) is 0 Å². The highest BCUT2D eigenvalue weighted by atomic mass is 16.5. The third-order valence-electron chi connectivity index (χ3n) is 2.72. The highest BCUT2D eigenvalue weighted by Gasteiger charge is 2.03. The van der Waals surface area contributed by atoms with Crippen LogP contribution in [0.25, 0.3) is 0 Å². The molecule has 0 radical (unpaired) electrons. The van der Waals surface area contributed by atoms with Gasteiger partial charge in [-0.25, -0.2) is 0 Å². The van der Waals surface area contributed by atoms with Gasteiger partial charge in [0.05, 0.1) is 18.8 Å². The number of ether oxygens (including phenoxy) is 1. The first-order valence-electron chi connectivity index (χ1n) is 6.59. The summed E-state index contributed by atoms with van der Waals surface area (Å²) < 4.78 is 7.51. The van der Waals surface area contributed by atoms with E-state index in [4.69, 9.17) is 4.74 Å². The molecule has 0 atom stereocenters. The second-order valence-electron chi connectivity index (χ2n) is 4.25. The number of aryl methyl sites for hydroxylation is 1. The summed E-state index contributed by atoms with van der Waals surface area (Å²) in [6.07, 6.45) is 4.44. The molecule has 1 aromatic heterocycles. The molecular weight excluding hydrogens is 214 g/mol. The molecule has 1 rings (SSSR count). The third kappa shape index (κ3) is 5.33. The van der Waals surface area contributed by atoms with Gasteiger partial charge in [0, 0.05) is 24.9 Å². The van der Waals surface area contributed by atoms with Crippen LogP contribution in [0.4, 0.5) is 0 Å². The highest BCUT2D eigenvalue weighted by molar-refractivity contribution is 5.14. The minimum Gasteiger partial charge on any atom is -0.380 e. The Morgan fingerprint density at radius 1 is 1.35 bits per heavy atom. The van der Waals surface area contributed by atoms with Crippen LogP contribution in [-0.2, 0) is 17.8 Å². The number of hydrogen-bond acceptors (Lipinski definition) is 3. The molecule has 0 saturated heterocycles. The van der Waals surface area contributed by atoms with Crippen molar-refractivity contribution in [3.63, 3.8) is 0 Å².